The number of amides is 2. The van der Waals surface area contributed by atoms with E-state index in [1.54, 1.807) is 25.3 Å². The summed E-state index contributed by atoms with van der Waals surface area (Å²) in [5, 5.41) is 23.4. The van der Waals surface area contributed by atoms with Crippen LogP contribution in [0, 0.1) is 5.92 Å². The summed E-state index contributed by atoms with van der Waals surface area (Å²) in [6.07, 6.45) is 16.0. The van der Waals surface area contributed by atoms with Gasteiger partial charge in [0.25, 0.3) is 0 Å². The van der Waals surface area contributed by atoms with Crippen LogP contribution in [0.4, 0.5) is 4.79 Å². The smallest absolute Gasteiger partial charge is 0.404 e. The molecule has 0 saturated carbocycles. The highest BCUT2D eigenvalue weighted by molar-refractivity contribution is 5.82. The number of nitrogens with one attached hydrogen (secondary N) is 1. The minimum Gasteiger partial charge on any atom is -0.458 e. The number of primary amides is 1. The molecule has 42 heavy (non-hydrogen) atoms. The van der Waals surface area contributed by atoms with Crippen LogP contribution in [-0.4, -0.2) is 52.6 Å². The lowest BCUT2D eigenvalue weighted by molar-refractivity contribution is -0.144. The molecular formula is C33H48N2O7. The Morgan fingerprint density at radius 2 is 1.95 bits per heavy atom. The van der Waals surface area contributed by atoms with Crippen LogP contribution in [-0.2, 0) is 19.1 Å². The zero-order valence-electron chi connectivity index (χ0n) is 25.3. The molecule has 0 bridgehead atoms. The largest absolute Gasteiger partial charge is 0.458 e. The molecule has 1 aliphatic heterocycles. The third-order valence-electron chi connectivity index (χ3n) is 6.39. The van der Waals surface area contributed by atoms with Gasteiger partial charge in [-0.3, -0.25) is 4.79 Å². The van der Waals surface area contributed by atoms with Crippen molar-refractivity contribution in [1.82, 2.24) is 5.32 Å². The highest BCUT2D eigenvalue weighted by Gasteiger charge is 2.21. The fourth-order valence-electron chi connectivity index (χ4n) is 4.20. The Labute approximate surface area is 250 Å². The van der Waals surface area contributed by atoms with E-state index in [0.717, 1.165) is 16.7 Å². The van der Waals surface area contributed by atoms with E-state index >= 15 is 0 Å². The Hall–Kier alpha value is -3.69. The quantitative estimate of drug-likeness (QED) is 0.182. The monoisotopic (exact) mass is 584 g/mol. The maximum atomic E-state index is 12.6. The molecule has 0 saturated heterocycles. The van der Waals surface area contributed by atoms with Gasteiger partial charge in [0.15, 0.2) is 0 Å². The molecule has 232 valence electrons. The molecule has 1 rings (SSSR count). The van der Waals surface area contributed by atoms with Crippen molar-refractivity contribution in [3.8, 4) is 0 Å². The highest BCUT2D eigenvalue weighted by atomic mass is 16.6. The molecule has 5 unspecified atom stereocenters. The summed E-state index contributed by atoms with van der Waals surface area (Å²) in [5.41, 5.74) is 7.85. The maximum absolute atomic E-state index is 12.6. The van der Waals surface area contributed by atoms with Crippen LogP contribution in [0.1, 0.15) is 72.6 Å². The first kappa shape index (κ1) is 36.3. The first-order valence-electron chi connectivity index (χ1n) is 14.4. The number of ether oxygens (including phenoxy) is 2. The Balaban J connectivity index is 3.08. The van der Waals surface area contributed by atoms with Crippen molar-refractivity contribution < 1.29 is 34.1 Å². The second-order valence-electron chi connectivity index (χ2n) is 10.8. The lowest BCUT2D eigenvalue weighted by atomic mass is 9.95. The first-order chi connectivity index (χ1) is 19.9. The molecule has 0 aromatic heterocycles. The zero-order chi connectivity index (χ0) is 31.5. The minimum absolute atomic E-state index is 0.126. The van der Waals surface area contributed by atoms with Crippen molar-refractivity contribution in [2.45, 2.75) is 97.1 Å². The van der Waals surface area contributed by atoms with E-state index in [-0.39, 0.29) is 18.2 Å². The molecule has 0 radical (unpaired) electrons. The molecule has 0 fully saturated rings. The van der Waals surface area contributed by atoms with Crippen molar-refractivity contribution in [3.05, 3.63) is 84.2 Å². The summed E-state index contributed by atoms with van der Waals surface area (Å²) < 4.78 is 10.9. The topological polar surface area (TPSA) is 148 Å². The van der Waals surface area contributed by atoms with Crippen LogP contribution in [0.3, 0.4) is 0 Å². The van der Waals surface area contributed by atoms with Gasteiger partial charge in [-0.15, -0.1) is 0 Å². The molecule has 9 heteroatoms. The number of aliphatic hydroxyl groups excluding tert-OH is 2. The van der Waals surface area contributed by atoms with E-state index in [9.17, 15) is 24.6 Å². The van der Waals surface area contributed by atoms with Gasteiger partial charge in [0, 0.05) is 31.0 Å². The van der Waals surface area contributed by atoms with Crippen molar-refractivity contribution in [1.29, 1.82) is 0 Å². The molecule has 1 heterocycles. The van der Waals surface area contributed by atoms with Gasteiger partial charge in [-0.1, -0.05) is 72.8 Å². The Morgan fingerprint density at radius 1 is 1.21 bits per heavy atom. The van der Waals surface area contributed by atoms with Crippen molar-refractivity contribution in [3.63, 3.8) is 0 Å². The average molecular weight is 585 g/mol. The average Bonchev–Trinajstić information content (AvgIpc) is 2.89. The van der Waals surface area contributed by atoms with Gasteiger partial charge < -0.3 is 30.7 Å². The van der Waals surface area contributed by atoms with Gasteiger partial charge in [0.2, 0.25) is 5.91 Å². The Kier molecular flexibility index (Phi) is 17.5. The third-order valence-corrected chi connectivity index (χ3v) is 6.39. The van der Waals surface area contributed by atoms with Crippen molar-refractivity contribution in [2.24, 2.45) is 11.7 Å². The predicted molar refractivity (Wildman–Crippen MR) is 165 cm³/mol. The van der Waals surface area contributed by atoms with Gasteiger partial charge in [0.1, 0.15) is 18.3 Å². The zero-order valence-corrected chi connectivity index (χ0v) is 25.3. The third kappa shape index (κ3) is 17.2. The normalized spacial score (nSPS) is 24.4. The number of aliphatic hydroxyl groups is 2. The predicted octanol–water partition coefficient (Wildman–Crippen LogP) is 5.23. The molecule has 0 aromatic rings. The Bertz CT molecular complexity index is 1080. The minimum atomic E-state index is -1.11. The van der Waals surface area contributed by atoms with Crippen LogP contribution in [0.25, 0.3) is 0 Å². The number of cyclic esters (lactones) is 1. The van der Waals surface area contributed by atoms with Crippen LogP contribution in [0.2, 0.25) is 0 Å². The van der Waals surface area contributed by atoms with Crippen LogP contribution in [0.15, 0.2) is 84.2 Å². The summed E-state index contributed by atoms with van der Waals surface area (Å²) in [6.45, 7) is 11.4. The second kappa shape index (κ2) is 20.2. The molecule has 5 atom stereocenters. The molecule has 0 aromatic carbocycles. The summed E-state index contributed by atoms with van der Waals surface area (Å²) in [4.78, 5) is 35.8. The van der Waals surface area contributed by atoms with Crippen LogP contribution < -0.4 is 11.1 Å². The molecular weight excluding hydrogens is 536 g/mol. The lowest BCUT2D eigenvalue weighted by Crippen LogP contribution is -2.32. The summed E-state index contributed by atoms with van der Waals surface area (Å²) in [6, 6.07) is 0. The number of rotatable bonds is 7. The van der Waals surface area contributed by atoms with Crippen LogP contribution in [0.5, 0.6) is 0 Å². The highest BCUT2D eigenvalue weighted by Crippen LogP contribution is 2.21. The van der Waals surface area contributed by atoms with E-state index in [1.165, 1.54) is 18.2 Å². The van der Waals surface area contributed by atoms with Gasteiger partial charge in [-0.2, -0.15) is 0 Å². The number of nitrogens with two attached hydrogens (primary N) is 1. The second-order valence-corrected chi connectivity index (χ2v) is 10.8. The molecule has 2 amide bonds. The number of esters is 1. The first-order valence-corrected chi connectivity index (χ1v) is 14.4. The van der Waals surface area contributed by atoms with E-state index in [1.807, 2.05) is 45.1 Å². The molecule has 0 spiro atoms. The SMILES string of the molecule is C=C(C)CC(=O)NC=CC(C)=CC(C)C1CC(C)=CC=CCCC(OC(N)=O)C(O)C=CC(O)CCCC=CC(=O)O1. The molecule has 5 N–H and O–H groups in total. The fourth-order valence-corrected chi connectivity index (χ4v) is 4.20. The van der Waals surface area contributed by atoms with E-state index in [2.05, 4.69) is 11.9 Å². The Morgan fingerprint density at radius 3 is 2.64 bits per heavy atom. The molecule has 9 nitrogen and oxygen atoms in total. The fraction of sp³-hybridized carbons (Fsp3) is 0.485. The van der Waals surface area contributed by atoms with Crippen molar-refractivity contribution >= 4 is 18.0 Å². The van der Waals surface area contributed by atoms with E-state index in [0.29, 0.717) is 38.5 Å². The molecule has 1 aliphatic rings. The van der Waals surface area contributed by atoms with E-state index in [4.69, 9.17) is 15.2 Å². The van der Waals surface area contributed by atoms with Crippen molar-refractivity contribution in [2.75, 3.05) is 0 Å². The number of carbonyl (C=O) groups is 3. The van der Waals surface area contributed by atoms with Crippen LogP contribution >= 0.6 is 0 Å². The molecule has 0 aliphatic carbocycles. The van der Waals surface area contributed by atoms with Gasteiger partial charge in [-0.25, -0.2) is 9.59 Å². The summed E-state index contributed by atoms with van der Waals surface area (Å²) in [5.74, 6) is -0.706. The van der Waals surface area contributed by atoms with E-state index < -0.39 is 36.5 Å². The maximum Gasteiger partial charge on any atom is 0.404 e. The summed E-state index contributed by atoms with van der Waals surface area (Å²) in [7, 11) is 0. The number of hydrogen-bond donors (Lipinski definition) is 4. The number of allylic oxidation sites excluding steroid dienone is 6. The summed E-state index contributed by atoms with van der Waals surface area (Å²) >= 11 is 0. The number of hydrogen-bond acceptors (Lipinski definition) is 7. The standard InChI is InChI=1S/C33H48N2O7/c1-23(2)20-31(38)35-19-18-25(4)21-26(5)30-22-24(3)12-8-6-10-14-29(42-33(34)40)28(37)17-16-27(36)13-9-7-11-15-32(39)41-30/h6,8,11-12,15-19,21,26-30,36-37H,1,7,9-10,13-14,20,22H2,2-5H3,(H2,34,40)(H,35,38). The lowest BCUT2D eigenvalue weighted by Gasteiger charge is -2.22. The van der Waals surface area contributed by atoms with Gasteiger partial charge in [0.05, 0.1) is 6.10 Å². The van der Waals surface area contributed by atoms with Gasteiger partial charge in [-0.05, 0) is 59.0 Å². The van der Waals surface area contributed by atoms with Gasteiger partial charge >= 0.3 is 12.1 Å². The number of carbonyl (C=O) groups excluding carboxylic acids is 3.